The molecule has 2 saturated heterocycles. The zero-order valence-electron chi connectivity index (χ0n) is 14.6. The van der Waals surface area contributed by atoms with E-state index in [1.165, 1.54) is 0 Å². The van der Waals surface area contributed by atoms with Crippen molar-refractivity contribution in [3.63, 3.8) is 0 Å². The van der Waals surface area contributed by atoms with Gasteiger partial charge >= 0.3 is 0 Å². The van der Waals surface area contributed by atoms with Crippen molar-refractivity contribution >= 4 is 36.5 Å². The second kappa shape index (κ2) is 11.0. The Morgan fingerprint density at radius 1 is 1.40 bits per heavy atom. The van der Waals surface area contributed by atoms with Crippen LogP contribution in [0.2, 0.25) is 0 Å². The zero-order valence-corrected chi connectivity index (χ0v) is 16.3. The Morgan fingerprint density at radius 3 is 2.80 bits per heavy atom. The van der Waals surface area contributed by atoms with Gasteiger partial charge in [0.15, 0.2) is 0 Å². The van der Waals surface area contributed by atoms with E-state index in [4.69, 9.17) is 4.74 Å². The molecule has 1 aromatic heterocycles. The molecule has 0 bridgehead atoms. The van der Waals surface area contributed by atoms with Gasteiger partial charge in [0, 0.05) is 38.2 Å². The number of ether oxygens (including phenoxy) is 1. The van der Waals surface area contributed by atoms with E-state index in [9.17, 15) is 4.79 Å². The molecular formula is C16H29Cl2N5O2. The third-order valence-electron chi connectivity index (χ3n) is 4.72. The highest BCUT2D eigenvalue weighted by Crippen LogP contribution is 2.25. The summed E-state index contributed by atoms with van der Waals surface area (Å²) in [6.45, 7) is 7.62. The molecule has 1 amide bonds. The van der Waals surface area contributed by atoms with Crippen molar-refractivity contribution in [1.29, 1.82) is 0 Å². The number of aromatic nitrogens is 2. The summed E-state index contributed by atoms with van der Waals surface area (Å²) in [5.74, 6) is 0.822. The quantitative estimate of drug-likeness (QED) is 0.796. The average Bonchev–Trinajstić information content (AvgIpc) is 3.03. The first-order chi connectivity index (χ1) is 11.3. The van der Waals surface area contributed by atoms with Crippen LogP contribution in [0.1, 0.15) is 32.2 Å². The fourth-order valence-electron chi connectivity index (χ4n) is 3.35. The maximum atomic E-state index is 12.3. The van der Waals surface area contributed by atoms with Crippen molar-refractivity contribution in [2.24, 2.45) is 0 Å². The molecule has 2 aliphatic heterocycles. The first kappa shape index (κ1) is 22.2. The summed E-state index contributed by atoms with van der Waals surface area (Å²) < 4.78 is 7.37. The molecule has 3 rings (SSSR count). The van der Waals surface area contributed by atoms with Crippen molar-refractivity contribution in [1.82, 2.24) is 20.0 Å². The van der Waals surface area contributed by atoms with Crippen LogP contribution in [-0.2, 0) is 9.53 Å². The van der Waals surface area contributed by atoms with Gasteiger partial charge in [-0.1, -0.05) is 6.92 Å². The molecule has 7 nitrogen and oxygen atoms in total. The number of carbonyl (C=O) groups excluding carboxylic acids is 1. The lowest BCUT2D eigenvalue weighted by Crippen LogP contribution is -2.43. The summed E-state index contributed by atoms with van der Waals surface area (Å²) in [4.78, 5) is 14.7. The molecule has 9 heteroatoms. The number of anilines is 1. The number of piperidine rings is 1. The van der Waals surface area contributed by atoms with E-state index in [-0.39, 0.29) is 36.8 Å². The molecule has 3 heterocycles. The lowest BCUT2D eigenvalue weighted by atomic mass is 10.1. The van der Waals surface area contributed by atoms with Gasteiger partial charge < -0.3 is 20.3 Å². The van der Waals surface area contributed by atoms with Crippen LogP contribution in [0.25, 0.3) is 0 Å². The van der Waals surface area contributed by atoms with Crippen molar-refractivity contribution in [3.05, 3.63) is 12.3 Å². The van der Waals surface area contributed by atoms with Gasteiger partial charge in [-0.2, -0.15) is 5.10 Å². The van der Waals surface area contributed by atoms with E-state index in [2.05, 4.69) is 27.6 Å². The van der Waals surface area contributed by atoms with Crippen LogP contribution in [0.3, 0.4) is 0 Å². The number of hydrogen-bond donors (Lipinski definition) is 2. The highest BCUT2D eigenvalue weighted by molar-refractivity contribution is 5.90. The molecule has 0 saturated carbocycles. The number of hydrogen-bond acceptors (Lipinski definition) is 5. The summed E-state index contributed by atoms with van der Waals surface area (Å²) in [7, 11) is 0. The van der Waals surface area contributed by atoms with Gasteiger partial charge in [0.2, 0.25) is 5.91 Å². The van der Waals surface area contributed by atoms with Crippen LogP contribution in [0.5, 0.6) is 0 Å². The van der Waals surface area contributed by atoms with Crippen molar-refractivity contribution in [3.8, 4) is 0 Å². The van der Waals surface area contributed by atoms with Crippen LogP contribution in [0, 0.1) is 0 Å². The van der Waals surface area contributed by atoms with E-state index in [1.807, 2.05) is 10.7 Å². The molecule has 1 atom stereocenters. The maximum absolute atomic E-state index is 12.3. The largest absolute Gasteiger partial charge is 0.378 e. The predicted molar refractivity (Wildman–Crippen MR) is 103 cm³/mol. The molecule has 1 aromatic rings. The number of amides is 1. The fourth-order valence-corrected chi connectivity index (χ4v) is 3.35. The number of rotatable bonds is 5. The van der Waals surface area contributed by atoms with E-state index in [1.54, 1.807) is 6.20 Å². The average molecular weight is 394 g/mol. The molecule has 0 radical (unpaired) electrons. The highest BCUT2D eigenvalue weighted by Gasteiger charge is 2.23. The molecule has 25 heavy (non-hydrogen) atoms. The maximum Gasteiger partial charge on any atom is 0.227 e. The van der Waals surface area contributed by atoms with Gasteiger partial charge in [-0.3, -0.25) is 4.79 Å². The van der Waals surface area contributed by atoms with Gasteiger partial charge in [-0.15, -0.1) is 24.8 Å². The van der Waals surface area contributed by atoms with E-state index < -0.39 is 0 Å². The van der Waals surface area contributed by atoms with Crippen molar-refractivity contribution < 1.29 is 9.53 Å². The second-order valence-corrected chi connectivity index (χ2v) is 6.30. The number of nitrogens with zero attached hydrogens (tertiary/aromatic N) is 3. The molecule has 2 N–H and O–H groups in total. The molecule has 144 valence electrons. The second-order valence-electron chi connectivity index (χ2n) is 6.30. The number of likely N-dealkylation sites (tertiary alicyclic amines) is 1. The zero-order chi connectivity index (χ0) is 16.1. The van der Waals surface area contributed by atoms with Gasteiger partial charge in [0.1, 0.15) is 5.82 Å². The van der Waals surface area contributed by atoms with Crippen LogP contribution in [0.4, 0.5) is 5.82 Å². The Labute approximate surface area is 161 Å². The minimum Gasteiger partial charge on any atom is -0.378 e. The number of halogens is 2. The first-order valence-electron chi connectivity index (χ1n) is 8.63. The molecule has 2 fully saturated rings. The Hall–Kier alpha value is -0.860. The van der Waals surface area contributed by atoms with E-state index >= 15 is 0 Å². The summed E-state index contributed by atoms with van der Waals surface area (Å²) in [6, 6.07) is 2.36. The van der Waals surface area contributed by atoms with Crippen LogP contribution < -0.4 is 10.6 Å². The van der Waals surface area contributed by atoms with Crippen LogP contribution >= 0.6 is 24.8 Å². The molecule has 0 aromatic carbocycles. The first-order valence-corrected chi connectivity index (χ1v) is 8.63. The molecule has 0 aliphatic carbocycles. The number of nitrogens with one attached hydrogen (secondary N) is 2. The summed E-state index contributed by atoms with van der Waals surface area (Å²) in [6.07, 6.45) is 4.36. The summed E-state index contributed by atoms with van der Waals surface area (Å²) in [5.41, 5.74) is 0. The van der Waals surface area contributed by atoms with Gasteiger partial charge in [-0.05, 0) is 19.4 Å². The Bertz CT molecular complexity index is 514. The summed E-state index contributed by atoms with van der Waals surface area (Å²) >= 11 is 0. The van der Waals surface area contributed by atoms with Crippen molar-refractivity contribution in [2.45, 2.75) is 38.3 Å². The lowest BCUT2D eigenvalue weighted by molar-refractivity contribution is -0.117. The predicted octanol–water partition coefficient (Wildman–Crippen LogP) is 1.70. The molecule has 0 spiro atoms. The number of morpholine rings is 1. The monoisotopic (exact) mass is 393 g/mol. The van der Waals surface area contributed by atoms with Gasteiger partial charge in [0.05, 0.1) is 25.5 Å². The van der Waals surface area contributed by atoms with Gasteiger partial charge in [0.25, 0.3) is 0 Å². The van der Waals surface area contributed by atoms with E-state index in [0.717, 1.165) is 51.4 Å². The van der Waals surface area contributed by atoms with Crippen molar-refractivity contribution in [2.75, 3.05) is 44.7 Å². The summed E-state index contributed by atoms with van der Waals surface area (Å²) in [5, 5.41) is 10.8. The normalized spacial score (nSPS) is 21.9. The lowest BCUT2D eigenvalue weighted by Gasteiger charge is -2.31. The SMILES string of the molecule is CCN1CCC(n2nccc2NC(=O)CC2COCCN2)CC1.Cl.Cl. The Kier molecular flexibility index (Phi) is 9.74. The smallest absolute Gasteiger partial charge is 0.227 e. The van der Waals surface area contributed by atoms with Crippen LogP contribution in [-0.4, -0.2) is 66.0 Å². The number of carbonyl (C=O) groups is 1. The van der Waals surface area contributed by atoms with E-state index in [0.29, 0.717) is 19.1 Å². The minimum atomic E-state index is 0. The fraction of sp³-hybridized carbons (Fsp3) is 0.750. The third-order valence-corrected chi connectivity index (χ3v) is 4.72. The minimum absolute atomic E-state index is 0. The molecular weight excluding hydrogens is 365 g/mol. The standard InChI is InChI=1S/C16H27N5O2.2ClH/c1-2-20-8-4-14(5-9-20)21-15(3-6-18-21)19-16(22)11-13-12-23-10-7-17-13;;/h3,6,13-14,17H,2,4-5,7-12H2,1H3,(H,19,22);2*1H. The van der Waals surface area contributed by atoms with Crippen LogP contribution in [0.15, 0.2) is 12.3 Å². The Balaban J connectivity index is 0.00000156. The molecule has 1 unspecified atom stereocenters. The topological polar surface area (TPSA) is 71.4 Å². The molecule has 2 aliphatic rings. The third kappa shape index (κ3) is 6.11. The van der Waals surface area contributed by atoms with Gasteiger partial charge in [-0.25, -0.2) is 4.68 Å². The highest BCUT2D eigenvalue weighted by atomic mass is 35.5. The Morgan fingerprint density at radius 2 is 2.16 bits per heavy atom.